The molecular formula is C16H17NO3S. The van der Waals surface area contributed by atoms with Crippen LogP contribution in [-0.2, 0) is 10.0 Å². The van der Waals surface area contributed by atoms with Crippen LogP contribution < -0.4 is 4.72 Å². The molecule has 1 atom stereocenters. The number of ketones is 1. The van der Waals surface area contributed by atoms with Crippen molar-refractivity contribution in [3.8, 4) is 0 Å². The molecule has 0 aromatic heterocycles. The predicted molar refractivity (Wildman–Crippen MR) is 82.7 cm³/mol. The van der Waals surface area contributed by atoms with E-state index < -0.39 is 10.0 Å². The summed E-state index contributed by atoms with van der Waals surface area (Å²) in [6.45, 7) is 1.74. The first-order valence-corrected chi connectivity index (χ1v) is 8.43. The zero-order valence-electron chi connectivity index (χ0n) is 11.9. The molecule has 0 bridgehead atoms. The highest BCUT2D eigenvalue weighted by molar-refractivity contribution is 7.88. The van der Waals surface area contributed by atoms with Gasteiger partial charge in [-0.2, -0.15) is 0 Å². The van der Waals surface area contributed by atoms with Gasteiger partial charge in [-0.3, -0.25) is 4.79 Å². The molecule has 0 heterocycles. The molecule has 0 spiro atoms. The van der Waals surface area contributed by atoms with Crippen molar-refractivity contribution in [1.82, 2.24) is 4.72 Å². The van der Waals surface area contributed by atoms with Crippen molar-refractivity contribution < 1.29 is 13.2 Å². The number of sulfonamides is 1. The standard InChI is InChI=1S/C16H17NO3S/c1-12(17-21(2,19)20)14-9-6-10-15(11-14)16(18)13-7-4-3-5-8-13/h3-12,17H,1-2H3. The molecule has 0 aliphatic rings. The largest absolute Gasteiger partial charge is 0.289 e. The van der Waals surface area contributed by atoms with Gasteiger partial charge >= 0.3 is 0 Å². The second-order valence-corrected chi connectivity index (χ2v) is 6.71. The van der Waals surface area contributed by atoms with E-state index in [0.717, 1.165) is 11.8 Å². The van der Waals surface area contributed by atoms with E-state index in [4.69, 9.17) is 0 Å². The summed E-state index contributed by atoms with van der Waals surface area (Å²) >= 11 is 0. The molecule has 0 radical (unpaired) electrons. The number of rotatable bonds is 5. The van der Waals surface area contributed by atoms with E-state index in [1.807, 2.05) is 18.2 Å². The highest BCUT2D eigenvalue weighted by Crippen LogP contribution is 2.17. The number of hydrogen-bond donors (Lipinski definition) is 1. The van der Waals surface area contributed by atoms with Crippen LogP contribution in [0.3, 0.4) is 0 Å². The van der Waals surface area contributed by atoms with Crippen LogP contribution in [0.2, 0.25) is 0 Å². The quantitative estimate of drug-likeness (QED) is 0.863. The molecule has 1 unspecified atom stereocenters. The van der Waals surface area contributed by atoms with Crippen molar-refractivity contribution >= 4 is 15.8 Å². The van der Waals surface area contributed by atoms with Crippen LogP contribution >= 0.6 is 0 Å². The number of nitrogens with one attached hydrogen (secondary N) is 1. The fourth-order valence-electron chi connectivity index (χ4n) is 2.09. The first-order chi connectivity index (χ1) is 9.87. The third-order valence-corrected chi connectivity index (χ3v) is 3.86. The highest BCUT2D eigenvalue weighted by atomic mass is 32.2. The number of carbonyl (C=O) groups excluding carboxylic acids is 1. The average Bonchev–Trinajstić information content (AvgIpc) is 2.46. The molecule has 0 aliphatic heterocycles. The van der Waals surface area contributed by atoms with Crippen molar-refractivity contribution in [2.45, 2.75) is 13.0 Å². The van der Waals surface area contributed by atoms with Crippen molar-refractivity contribution in [3.63, 3.8) is 0 Å². The Kier molecular flexibility index (Phi) is 4.55. The van der Waals surface area contributed by atoms with E-state index in [1.54, 1.807) is 43.3 Å². The van der Waals surface area contributed by atoms with Crippen LogP contribution in [0.5, 0.6) is 0 Å². The van der Waals surface area contributed by atoms with E-state index in [0.29, 0.717) is 11.1 Å². The summed E-state index contributed by atoms with van der Waals surface area (Å²) in [7, 11) is -3.29. The lowest BCUT2D eigenvalue weighted by atomic mass is 9.99. The lowest BCUT2D eigenvalue weighted by molar-refractivity contribution is 0.103. The zero-order chi connectivity index (χ0) is 15.5. The summed E-state index contributed by atoms with van der Waals surface area (Å²) in [5.74, 6) is -0.0796. The summed E-state index contributed by atoms with van der Waals surface area (Å²) in [4.78, 5) is 12.4. The molecule has 1 N–H and O–H groups in total. The minimum atomic E-state index is -3.29. The highest BCUT2D eigenvalue weighted by Gasteiger charge is 2.14. The Morgan fingerprint density at radius 1 is 1.00 bits per heavy atom. The molecule has 5 heteroatoms. The summed E-state index contributed by atoms with van der Waals surface area (Å²) in [5, 5.41) is 0. The van der Waals surface area contributed by atoms with Gasteiger partial charge in [-0.05, 0) is 18.6 Å². The summed E-state index contributed by atoms with van der Waals surface area (Å²) in [6.07, 6.45) is 1.11. The maximum atomic E-state index is 12.4. The van der Waals surface area contributed by atoms with Crippen molar-refractivity contribution in [2.75, 3.05) is 6.26 Å². The van der Waals surface area contributed by atoms with Crippen LogP contribution in [0, 0.1) is 0 Å². The maximum absolute atomic E-state index is 12.4. The molecule has 0 saturated heterocycles. The van der Waals surface area contributed by atoms with Crippen LogP contribution in [-0.4, -0.2) is 20.5 Å². The maximum Gasteiger partial charge on any atom is 0.209 e. The van der Waals surface area contributed by atoms with Gasteiger partial charge in [-0.25, -0.2) is 13.1 Å². The van der Waals surface area contributed by atoms with E-state index in [2.05, 4.69) is 4.72 Å². The Morgan fingerprint density at radius 3 is 2.24 bits per heavy atom. The van der Waals surface area contributed by atoms with E-state index >= 15 is 0 Å². The average molecular weight is 303 g/mol. The van der Waals surface area contributed by atoms with Gasteiger partial charge in [0.25, 0.3) is 0 Å². The van der Waals surface area contributed by atoms with E-state index in [9.17, 15) is 13.2 Å². The molecule has 2 rings (SSSR count). The monoisotopic (exact) mass is 303 g/mol. The minimum Gasteiger partial charge on any atom is -0.289 e. The van der Waals surface area contributed by atoms with Gasteiger partial charge in [-0.15, -0.1) is 0 Å². The molecular weight excluding hydrogens is 286 g/mol. The van der Waals surface area contributed by atoms with Gasteiger partial charge in [0.1, 0.15) is 0 Å². The van der Waals surface area contributed by atoms with Gasteiger partial charge in [0, 0.05) is 17.2 Å². The van der Waals surface area contributed by atoms with Crippen LogP contribution in [0.1, 0.15) is 34.5 Å². The SMILES string of the molecule is CC(NS(C)(=O)=O)c1cccc(C(=O)c2ccccc2)c1. The first kappa shape index (κ1) is 15.4. The van der Waals surface area contributed by atoms with Gasteiger partial charge < -0.3 is 0 Å². The fraction of sp³-hybridized carbons (Fsp3) is 0.188. The molecule has 0 amide bonds. The fourth-order valence-corrected chi connectivity index (χ4v) is 2.87. The van der Waals surface area contributed by atoms with E-state index in [-0.39, 0.29) is 11.8 Å². The van der Waals surface area contributed by atoms with Gasteiger partial charge in [0.15, 0.2) is 5.78 Å². The lowest BCUT2D eigenvalue weighted by Gasteiger charge is -2.13. The number of hydrogen-bond acceptors (Lipinski definition) is 3. The van der Waals surface area contributed by atoms with Crippen LogP contribution in [0.4, 0.5) is 0 Å². The Labute approximate surface area is 124 Å². The van der Waals surface area contributed by atoms with Crippen molar-refractivity contribution in [3.05, 3.63) is 71.3 Å². The Balaban J connectivity index is 2.28. The number of benzene rings is 2. The molecule has 4 nitrogen and oxygen atoms in total. The third kappa shape index (κ3) is 4.24. The van der Waals surface area contributed by atoms with Crippen molar-refractivity contribution in [1.29, 1.82) is 0 Å². The summed E-state index contributed by atoms with van der Waals surface area (Å²) in [5.41, 5.74) is 1.90. The minimum absolute atomic E-state index is 0.0796. The predicted octanol–water partition coefficient (Wildman–Crippen LogP) is 2.53. The second-order valence-electron chi connectivity index (χ2n) is 4.93. The summed E-state index contributed by atoms with van der Waals surface area (Å²) in [6, 6.07) is 15.6. The summed E-state index contributed by atoms with van der Waals surface area (Å²) < 4.78 is 25.1. The smallest absolute Gasteiger partial charge is 0.209 e. The van der Waals surface area contributed by atoms with Gasteiger partial charge in [0.05, 0.1) is 6.26 Å². The topological polar surface area (TPSA) is 63.2 Å². The Bertz CT molecular complexity index is 739. The lowest BCUT2D eigenvalue weighted by Crippen LogP contribution is -2.25. The Morgan fingerprint density at radius 2 is 1.62 bits per heavy atom. The molecule has 2 aromatic carbocycles. The molecule has 21 heavy (non-hydrogen) atoms. The normalized spacial score (nSPS) is 12.9. The van der Waals surface area contributed by atoms with Gasteiger partial charge in [0.2, 0.25) is 10.0 Å². The second kappa shape index (κ2) is 6.20. The molecule has 0 saturated carbocycles. The molecule has 2 aromatic rings. The Hall–Kier alpha value is -1.98. The molecule has 0 aliphatic carbocycles. The molecule has 110 valence electrons. The van der Waals surface area contributed by atoms with Crippen LogP contribution in [0.15, 0.2) is 54.6 Å². The number of carbonyl (C=O) groups is 1. The zero-order valence-corrected chi connectivity index (χ0v) is 12.7. The first-order valence-electron chi connectivity index (χ1n) is 6.54. The van der Waals surface area contributed by atoms with E-state index in [1.165, 1.54) is 0 Å². The van der Waals surface area contributed by atoms with Crippen molar-refractivity contribution in [2.24, 2.45) is 0 Å². The van der Waals surface area contributed by atoms with Gasteiger partial charge in [-0.1, -0.05) is 48.5 Å². The molecule has 0 fully saturated rings. The van der Waals surface area contributed by atoms with Crippen LogP contribution in [0.25, 0.3) is 0 Å². The third-order valence-electron chi connectivity index (χ3n) is 3.08.